The van der Waals surface area contributed by atoms with Gasteiger partial charge in [-0.2, -0.15) is 0 Å². The Morgan fingerprint density at radius 1 is 1.00 bits per heavy atom. The lowest BCUT2D eigenvalue weighted by atomic mass is 9.96. The van der Waals surface area contributed by atoms with Gasteiger partial charge in [-0.15, -0.1) is 0 Å². The maximum absolute atomic E-state index is 11.1. The van der Waals surface area contributed by atoms with E-state index in [1.165, 1.54) is 18.2 Å². The summed E-state index contributed by atoms with van der Waals surface area (Å²) in [5.74, 6) is -0.0557. The average Bonchev–Trinajstić information content (AvgIpc) is 2.23. The molecule has 1 aliphatic carbocycles. The summed E-state index contributed by atoms with van der Waals surface area (Å²) >= 11 is 0. The minimum atomic E-state index is -0.0557. The Morgan fingerprint density at radius 3 is 2.43 bits per heavy atom. The Bertz CT molecular complexity index is 441. The molecule has 0 amide bonds. The molecule has 0 aromatic heterocycles. The van der Waals surface area contributed by atoms with Gasteiger partial charge >= 0.3 is 0 Å². The van der Waals surface area contributed by atoms with Crippen LogP contribution in [0.1, 0.15) is 5.56 Å². The van der Waals surface area contributed by atoms with Gasteiger partial charge in [0.05, 0.1) is 5.71 Å². The van der Waals surface area contributed by atoms with E-state index in [0.29, 0.717) is 11.3 Å². The first-order valence-corrected chi connectivity index (χ1v) is 4.35. The van der Waals surface area contributed by atoms with Crippen LogP contribution in [0.15, 0.2) is 48.6 Å². The maximum atomic E-state index is 11.1. The van der Waals surface area contributed by atoms with E-state index in [1.807, 2.05) is 30.3 Å². The van der Waals surface area contributed by atoms with Crippen molar-refractivity contribution >= 4 is 17.1 Å². The largest absolute Gasteiger partial charge is 0.300 e. The second-order valence-corrected chi connectivity index (χ2v) is 3.07. The van der Waals surface area contributed by atoms with Crippen molar-refractivity contribution in [1.82, 2.24) is 0 Å². The number of carbonyl (C=O) groups excluding carboxylic acids is 1. The van der Waals surface area contributed by atoms with E-state index in [1.54, 1.807) is 0 Å². The standard InChI is InChI=1S/C12H9NO/c13-12-7-6-10(14)8-11(12)9-4-2-1-3-5-9/h1-8,13H. The van der Waals surface area contributed by atoms with E-state index in [4.69, 9.17) is 5.41 Å². The van der Waals surface area contributed by atoms with E-state index < -0.39 is 0 Å². The zero-order valence-corrected chi connectivity index (χ0v) is 7.53. The van der Waals surface area contributed by atoms with Crippen molar-refractivity contribution in [1.29, 1.82) is 5.41 Å². The second kappa shape index (κ2) is 3.42. The monoisotopic (exact) mass is 183 g/mol. The van der Waals surface area contributed by atoms with Crippen molar-refractivity contribution in [3.05, 3.63) is 54.1 Å². The van der Waals surface area contributed by atoms with E-state index in [9.17, 15) is 4.79 Å². The molecule has 0 saturated carbocycles. The summed E-state index contributed by atoms with van der Waals surface area (Å²) in [5.41, 5.74) is 1.99. The van der Waals surface area contributed by atoms with Gasteiger partial charge < -0.3 is 5.41 Å². The summed E-state index contributed by atoms with van der Waals surface area (Å²) in [6.07, 6.45) is 4.44. The van der Waals surface area contributed by atoms with Gasteiger partial charge in [0, 0.05) is 5.57 Å². The van der Waals surface area contributed by atoms with Crippen LogP contribution >= 0.6 is 0 Å². The highest BCUT2D eigenvalue weighted by Gasteiger charge is 2.10. The van der Waals surface area contributed by atoms with Crippen molar-refractivity contribution in [3.63, 3.8) is 0 Å². The van der Waals surface area contributed by atoms with Gasteiger partial charge in [-0.3, -0.25) is 4.79 Å². The quantitative estimate of drug-likeness (QED) is 0.666. The number of hydrogen-bond donors (Lipinski definition) is 1. The molecule has 0 unspecified atom stereocenters. The normalized spacial score (nSPS) is 15.6. The summed E-state index contributed by atoms with van der Waals surface area (Å²) in [6, 6.07) is 9.49. The Balaban J connectivity index is 2.45. The van der Waals surface area contributed by atoms with Gasteiger partial charge in [0.25, 0.3) is 0 Å². The summed E-state index contributed by atoms with van der Waals surface area (Å²) in [4.78, 5) is 11.1. The molecule has 1 N–H and O–H groups in total. The van der Waals surface area contributed by atoms with Crippen LogP contribution in [0.4, 0.5) is 0 Å². The molecule has 68 valence electrons. The van der Waals surface area contributed by atoms with Crippen molar-refractivity contribution < 1.29 is 4.79 Å². The maximum Gasteiger partial charge on any atom is 0.179 e. The third kappa shape index (κ3) is 1.55. The molecule has 14 heavy (non-hydrogen) atoms. The molecular formula is C12H9NO. The van der Waals surface area contributed by atoms with E-state index in [0.717, 1.165) is 5.56 Å². The molecule has 2 rings (SSSR count). The molecule has 0 atom stereocenters. The van der Waals surface area contributed by atoms with Gasteiger partial charge in [-0.1, -0.05) is 30.3 Å². The highest BCUT2D eigenvalue weighted by molar-refractivity contribution is 6.35. The molecule has 0 saturated heterocycles. The minimum absolute atomic E-state index is 0.0557. The lowest BCUT2D eigenvalue weighted by Gasteiger charge is -2.08. The number of nitrogens with one attached hydrogen (secondary N) is 1. The Hall–Kier alpha value is -1.96. The Kier molecular flexibility index (Phi) is 2.11. The highest BCUT2D eigenvalue weighted by atomic mass is 16.1. The first kappa shape index (κ1) is 8.63. The molecule has 0 bridgehead atoms. The molecule has 2 heteroatoms. The van der Waals surface area contributed by atoms with E-state index in [2.05, 4.69) is 0 Å². The fourth-order valence-electron chi connectivity index (χ4n) is 1.38. The molecular weight excluding hydrogens is 174 g/mol. The predicted octanol–water partition coefficient (Wildman–Crippen LogP) is 2.23. The van der Waals surface area contributed by atoms with Gasteiger partial charge in [-0.05, 0) is 23.8 Å². The van der Waals surface area contributed by atoms with E-state index in [-0.39, 0.29) is 5.78 Å². The fraction of sp³-hybridized carbons (Fsp3) is 0. The second-order valence-electron chi connectivity index (χ2n) is 3.07. The van der Waals surface area contributed by atoms with Crippen molar-refractivity contribution in [2.24, 2.45) is 0 Å². The average molecular weight is 183 g/mol. The first-order valence-electron chi connectivity index (χ1n) is 4.35. The smallest absolute Gasteiger partial charge is 0.179 e. The minimum Gasteiger partial charge on any atom is -0.300 e. The SMILES string of the molecule is N=C1C=CC(=O)C=C1c1ccccc1. The number of allylic oxidation sites excluding steroid dienone is 4. The van der Waals surface area contributed by atoms with Crippen molar-refractivity contribution in [2.45, 2.75) is 0 Å². The lowest BCUT2D eigenvalue weighted by molar-refractivity contribution is -0.110. The topological polar surface area (TPSA) is 40.9 Å². The van der Waals surface area contributed by atoms with Gasteiger partial charge in [0.1, 0.15) is 0 Å². The molecule has 0 radical (unpaired) electrons. The molecule has 0 aliphatic heterocycles. The van der Waals surface area contributed by atoms with Crippen LogP contribution in [0.3, 0.4) is 0 Å². The number of ketones is 1. The summed E-state index contributed by atoms with van der Waals surface area (Å²) in [7, 11) is 0. The van der Waals surface area contributed by atoms with Crippen LogP contribution < -0.4 is 0 Å². The molecule has 1 aliphatic rings. The van der Waals surface area contributed by atoms with Crippen LogP contribution in [-0.4, -0.2) is 11.5 Å². The van der Waals surface area contributed by atoms with Crippen LogP contribution in [0, 0.1) is 5.41 Å². The molecule has 2 nitrogen and oxygen atoms in total. The van der Waals surface area contributed by atoms with Gasteiger partial charge in [-0.25, -0.2) is 0 Å². The van der Waals surface area contributed by atoms with Crippen molar-refractivity contribution in [2.75, 3.05) is 0 Å². The molecule has 0 heterocycles. The number of hydrogen-bond acceptors (Lipinski definition) is 2. The predicted molar refractivity (Wildman–Crippen MR) is 56.3 cm³/mol. The van der Waals surface area contributed by atoms with Gasteiger partial charge in [0.2, 0.25) is 0 Å². The number of benzene rings is 1. The number of rotatable bonds is 1. The number of carbonyl (C=O) groups is 1. The molecule has 0 spiro atoms. The Labute approximate surface area is 82.1 Å². The lowest BCUT2D eigenvalue weighted by Crippen LogP contribution is -2.05. The zero-order valence-electron chi connectivity index (χ0n) is 7.53. The van der Waals surface area contributed by atoms with Crippen LogP contribution in [0.2, 0.25) is 0 Å². The Morgan fingerprint density at radius 2 is 1.71 bits per heavy atom. The zero-order chi connectivity index (χ0) is 9.97. The van der Waals surface area contributed by atoms with E-state index >= 15 is 0 Å². The summed E-state index contributed by atoms with van der Waals surface area (Å²) < 4.78 is 0. The first-order chi connectivity index (χ1) is 6.77. The third-order valence-corrected chi connectivity index (χ3v) is 2.08. The van der Waals surface area contributed by atoms with Crippen molar-refractivity contribution in [3.8, 4) is 0 Å². The third-order valence-electron chi connectivity index (χ3n) is 2.08. The summed E-state index contributed by atoms with van der Waals surface area (Å²) in [6.45, 7) is 0. The molecule has 0 fully saturated rings. The van der Waals surface area contributed by atoms with Gasteiger partial charge in [0.15, 0.2) is 5.78 Å². The van der Waals surface area contributed by atoms with Crippen LogP contribution in [0.25, 0.3) is 5.57 Å². The molecule has 1 aromatic carbocycles. The van der Waals surface area contributed by atoms with Crippen LogP contribution in [-0.2, 0) is 4.79 Å². The van der Waals surface area contributed by atoms with Crippen LogP contribution in [0.5, 0.6) is 0 Å². The summed E-state index contributed by atoms with van der Waals surface area (Å²) in [5, 5.41) is 7.67. The fourth-order valence-corrected chi connectivity index (χ4v) is 1.38. The highest BCUT2D eigenvalue weighted by Crippen LogP contribution is 2.18. The molecule has 1 aromatic rings.